The minimum atomic E-state index is -0.412. The molecule has 1 aromatic carbocycles. The molecule has 8 nitrogen and oxygen atoms in total. The lowest BCUT2D eigenvalue weighted by Crippen LogP contribution is -2.49. The molecule has 1 aliphatic rings. The van der Waals surface area contributed by atoms with Crippen LogP contribution < -0.4 is 10.2 Å². The molecular formula is C25H32N6O2. The van der Waals surface area contributed by atoms with E-state index in [4.69, 9.17) is 0 Å². The van der Waals surface area contributed by atoms with Gasteiger partial charge in [-0.25, -0.2) is 14.8 Å². The van der Waals surface area contributed by atoms with Gasteiger partial charge in [-0.2, -0.15) is 5.26 Å². The largest absolute Gasteiger partial charge is 0.347 e. The van der Waals surface area contributed by atoms with Crippen LogP contribution in [0.3, 0.4) is 0 Å². The van der Waals surface area contributed by atoms with Gasteiger partial charge in [0.15, 0.2) is 0 Å². The summed E-state index contributed by atoms with van der Waals surface area (Å²) in [7, 11) is 3.28. The molecule has 1 N–H and O–H groups in total. The molecule has 0 spiro atoms. The van der Waals surface area contributed by atoms with Gasteiger partial charge in [-0.3, -0.25) is 9.69 Å². The molecule has 1 aromatic heterocycles. The first-order valence-electron chi connectivity index (χ1n) is 11.2. The number of benzene rings is 1. The second-order valence-electron chi connectivity index (χ2n) is 9.62. The first-order valence-corrected chi connectivity index (χ1v) is 11.2. The molecule has 3 rings (SSSR count). The molecule has 0 saturated heterocycles. The van der Waals surface area contributed by atoms with Gasteiger partial charge in [0.1, 0.15) is 11.9 Å². The molecule has 0 aliphatic heterocycles. The average Bonchev–Trinajstić information content (AvgIpc) is 2.83. The van der Waals surface area contributed by atoms with Crippen molar-refractivity contribution in [2.45, 2.75) is 44.9 Å². The summed E-state index contributed by atoms with van der Waals surface area (Å²) in [4.78, 5) is 36.3. The van der Waals surface area contributed by atoms with Crippen LogP contribution in [0.4, 0.5) is 10.6 Å². The SMILES string of the molecule is CN(C)C(=O)CNC(=O)N(C[C@]1(C)CC[C@](C)(c2ccccc2)CC1)c1ccnc(C#N)n1. The van der Waals surface area contributed by atoms with Crippen molar-refractivity contribution in [3.63, 3.8) is 0 Å². The van der Waals surface area contributed by atoms with Gasteiger partial charge in [-0.15, -0.1) is 0 Å². The summed E-state index contributed by atoms with van der Waals surface area (Å²) in [6, 6.07) is 13.7. The third kappa shape index (κ3) is 5.86. The number of amides is 3. The molecule has 0 atom stereocenters. The molecule has 0 unspecified atom stereocenters. The Bertz CT molecular complexity index is 1020. The Morgan fingerprint density at radius 2 is 1.76 bits per heavy atom. The van der Waals surface area contributed by atoms with Crippen LogP contribution in [-0.2, 0) is 10.2 Å². The summed E-state index contributed by atoms with van der Waals surface area (Å²) in [5.41, 5.74) is 1.32. The van der Waals surface area contributed by atoms with Gasteiger partial charge in [0.05, 0.1) is 6.54 Å². The highest BCUT2D eigenvalue weighted by Crippen LogP contribution is 2.47. The van der Waals surface area contributed by atoms with Crippen molar-refractivity contribution >= 4 is 17.8 Å². The summed E-state index contributed by atoms with van der Waals surface area (Å²) in [6.07, 6.45) is 5.37. The van der Waals surface area contributed by atoms with E-state index in [1.165, 1.54) is 21.6 Å². The van der Waals surface area contributed by atoms with Crippen molar-refractivity contribution in [1.82, 2.24) is 20.2 Å². The number of carbonyl (C=O) groups excluding carboxylic acids is 2. The molecular weight excluding hydrogens is 416 g/mol. The fraction of sp³-hybridized carbons (Fsp3) is 0.480. The predicted octanol–water partition coefficient (Wildman–Crippen LogP) is 3.49. The van der Waals surface area contributed by atoms with E-state index in [0.717, 1.165) is 25.7 Å². The number of nitrogens with zero attached hydrogens (tertiary/aromatic N) is 5. The fourth-order valence-electron chi connectivity index (χ4n) is 4.29. The van der Waals surface area contributed by atoms with E-state index < -0.39 is 6.03 Å². The second kappa shape index (κ2) is 9.99. The summed E-state index contributed by atoms with van der Waals surface area (Å²) in [5, 5.41) is 11.9. The molecule has 1 heterocycles. The average molecular weight is 449 g/mol. The Balaban J connectivity index is 1.78. The second-order valence-corrected chi connectivity index (χ2v) is 9.62. The number of nitrogens with one attached hydrogen (secondary N) is 1. The number of likely N-dealkylation sites (N-methyl/N-ethyl adjacent to an activating group) is 1. The predicted molar refractivity (Wildman–Crippen MR) is 127 cm³/mol. The summed E-state index contributed by atoms with van der Waals surface area (Å²) < 4.78 is 0. The van der Waals surface area contributed by atoms with E-state index in [0.29, 0.717) is 12.4 Å². The van der Waals surface area contributed by atoms with Gasteiger partial charge in [-0.1, -0.05) is 44.2 Å². The number of rotatable bonds is 6. The van der Waals surface area contributed by atoms with Crippen molar-refractivity contribution in [1.29, 1.82) is 5.26 Å². The summed E-state index contributed by atoms with van der Waals surface area (Å²) in [5.74, 6) is 0.153. The van der Waals surface area contributed by atoms with Crippen LogP contribution in [0.15, 0.2) is 42.6 Å². The molecule has 0 radical (unpaired) electrons. The van der Waals surface area contributed by atoms with Crippen LogP contribution in [0.25, 0.3) is 0 Å². The van der Waals surface area contributed by atoms with E-state index in [1.807, 2.05) is 12.1 Å². The zero-order valence-corrected chi connectivity index (χ0v) is 19.8. The van der Waals surface area contributed by atoms with Gasteiger partial charge in [0.2, 0.25) is 11.7 Å². The van der Waals surface area contributed by atoms with E-state index in [2.05, 4.69) is 53.4 Å². The van der Waals surface area contributed by atoms with Gasteiger partial charge < -0.3 is 10.2 Å². The van der Waals surface area contributed by atoms with Gasteiger partial charge >= 0.3 is 6.03 Å². The van der Waals surface area contributed by atoms with Crippen LogP contribution in [0.5, 0.6) is 0 Å². The van der Waals surface area contributed by atoms with E-state index in [-0.39, 0.29) is 29.1 Å². The van der Waals surface area contributed by atoms with E-state index in [1.54, 1.807) is 20.2 Å². The quantitative estimate of drug-likeness (QED) is 0.729. The first-order chi connectivity index (χ1) is 15.7. The van der Waals surface area contributed by atoms with Crippen molar-refractivity contribution < 1.29 is 9.59 Å². The molecule has 33 heavy (non-hydrogen) atoms. The molecule has 0 bridgehead atoms. The van der Waals surface area contributed by atoms with Crippen LogP contribution in [0, 0.1) is 16.7 Å². The van der Waals surface area contributed by atoms with Gasteiger partial charge in [-0.05, 0) is 48.1 Å². The topological polar surface area (TPSA) is 102 Å². The zero-order valence-electron chi connectivity index (χ0n) is 19.8. The third-order valence-electron chi connectivity index (χ3n) is 6.72. The maximum Gasteiger partial charge on any atom is 0.323 e. The van der Waals surface area contributed by atoms with Crippen LogP contribution in [0.2, 0.25) is 0 Å². The lowest BCUT2D eigenvalue weighted by atomic mass is 9.62. The number of nitriles is 1. The Morgan fingerprint density at radius 3 is 2.36 bits per heavy atom. The summed E-state index contributed by atoms with van der Waals surface area (Å²) in [6.45, 7) is 4.82. The Hall–Kier alpha value is -3.47. The fourth-order valence-corrected chi connectivity index (χ4v) is 4.29. The van der Waals surface area contributed by atoms with E-state index >= 15 is 0 Å². The minimum absolute atomic E-state index is 0.000109. The van der Waals surface area contributed by atoms with Gasteiger partial charge in [0.25, 0.3) is 0 Å². The number of anilines is 1. The maximum absolute atomic E-state index is 13.1. The highest BCUT2D eigenvalue weighted by molar-refractivity contribution is 5.93. The van der Waals surface area contributed by atoms with E-state index in [9.17, 15) is 14.9 Å². The third-order valence-corrected chi connectivity index (χ3v) is 6.72. The Labute approximate surface area is 195 Å². The van der Waals surface area contributed by atoms with Crippen molar-refractivity contribution in [3.05, 3.63) is 54.0 Å². The molecule has 8 heteroatoms. The number of urea groups is 1. The number of hydrogen-bond acceptors (Lipinski definition) is 5. The summed E-state index contributed by atoms with van der Waals surface area (Å²) >= 11 is 0. The van der Waals surface area contributed by atoms with Gasteiger partial charge in [0, 0.05) is 26.8 Å². The molecule has 3 amide bonds. The van der Waals surface area contributed by atoms with Crippen molar-refractivity contribution in [2.75, 3.05) is 32.1 Å². The molecule has 1 saturated carbocycles. The lowest BCUT2D eigenvalue weighted by molar-refractivity contribution is -0.127. The normalized spacial score (nSPS) is 22.2. The molecule has 174 valence electrons. The van der Waals surface area contributed by atoms with Crippen molar-refractivity contribution in [3.8, 4) is 6.07 Å². The minimum Gasteiger partial charge on any atom is -0.347 e. The molecule has 2 aromatic rings. The lowest BCUT2D eigenvalue weighted by Gasteiger charge is -2.45. The first kappa shape index (κ1) is 24.2. The zero-order chi connectivity index (χ0) is 24.1. The Morgan fingerprint density at radius 1 is 1.09 bits per heavy atom. The smallest absolute Gasteiger partial charge is 0.323 e. The van der Waals surface area contributed by atoms with Crippen LogP contribution in [-0.4, -0.2) is 54.0 Å². The standard InChI is InChI=1S/C25H32N6O2/c1-24(11-13-25(2,14-12-24)19-8-6-5-7-9-19)18-31(21-10-15-27-20(16-26)29-21)23(33)28-17-22(32)30(3)4/h5-10,15H,11-14,17-18H2,1-4H3,(H,28,33)/t24-,25+. The number of aromatic nitrogens is 2. The maximum atomic E-state index is 13.1. The highest BCUT2D eigenvalue weighted by atomic mass is 16.2. The van der Waals surface area contributed by atoms with Crippen LogP contribution >= 0.6 is 0 Å². The Kier molecular flexibility index (Phi) is 7.32. The number of carbonyl (C=O) groups is 2. The molecule has 1 fully saturated rings. The number of hydrogen-bond donors (Lipinski definition) is 1. The highest BCUT2D eigenvalue weighted by Gasteiger charge is 2.40. The molecule has 1 aliphatic carbocycles. The van der Waals surface area contributed by atoms with Crippen LogP contribution in [0.1, 0.15) is 50.9 Å². The monoisotopic (exact) mass is 448 g/mol. The van der Waals surface area contributed by atoms with Crippen molar-refractivity contribution in [2.24, 2.45) is 5.41 Å².